The molecule has 4 aromatic rings. The van der Waals surface area contributed by atoms with Crippen molar-refractivity contribution >= 4 is 35.6 Å². The maximum atomic E-state index is 16.3. The number of halogens is 2. The van der Waals surface area contributed by atoms with Crippen LogP contribution in [0.3, 0.4) is 0 Å². The van der Waals surface area contributed by atoms with Gasteiger partial charge in [0.25, 0.3) is 0 Å². The Morgan fingerprint density at radius 2 is 1.71 bits per heavy atom. The summed E-state index contributed by atoms with van der Waals surface area (Å²) in [4.78, 5) is 19.8. The molecule has 2 atom stereocenters. The predicted octanol–water partition coefficient (Wildman–Crippen LogP) is 9.62. The minimum Gasteiger partial charge on any atom is -0.468 e. The van der Waals surface area contributed by atoms with Crippen molar-refractivity contribution < 1.29 is 23.0 Å². The number of hydrogen-bond acceptors (Lipinski definition) is 8. The summed E-state index contributed by atoms with van der Waals surface area (Å²) in [5.41, 5.74) is 7.17. The van der Waals surface area contributed by atoms with Crippen LogP contribution in [0.2, 0.25) is 16.6 Å². The highest BCUT2D eigenvalue weighted by Gasteiger charge is 2.52. The first-order chi connectivity index (χ1) is 26.4. The number of alkyl halides is 1. The zero-order valence-electron chi connectivity index (χ0n) is 33.5. The number of fused-ring (bicyclic) bond motifs is 3. The second-order valence-corrected chi connectivity index (χ2v) is 23.0. The highest BCUT2D eigenvalue weighted by molar-refractivity contribution is 6.90. The summed E-state index contributed by atoms with van der Waals surface area (Å²) >= 11 is 0. The van der Waals surface area contributed by atoms with E-state index in [1.807, 2.05) is 24.4 Å². The van der Waals surface area contributed by atoms with E-state index in [-0.39, 0.29) is 29.7 Å². The second-order valence-electron chi connectivity index (χ2n) is 17.4. The molecule has 4 fully saturated rings. The van der Waals surface area contributed by atoms with Gasteiger partial charge in [-0.25, -0.2) is 18.7 Å². The summed E-state index contributed by atoms with van der Waals surface area (Å²) in [6.45, 7) is 16.3. The molecule has 0 N–H and O–H groups in total. The quantitative estimate of drug-likeness (QED) is 0.0850. The molecule has 3 aliphatic heterocycles. The van der Waals surface area contributed by atoms with Crippen molar-refractivity contribution in [3.05, 3.63) is 47.9 Å². The van der Waals surface area contributed by atoms with Crippen LogP contribution in [0.4, 0.5) is 14.6 Å². The Bertz CT molecular complexity index is 2140. The van der Waals surface area contributed by atoms with Gasteiger partial charge in [-0.05, 0) is 91.3 Å². The number of ether oxygens (including phenoxy) is 3. The molecule has 4 aliphatic rings. The molecule has 0 radical (unpaired) electrons. The first kappa shape index (κ1) is 38.0. The van der Waals surface area contributed by atoms with Gasteiger partial charge in [0, 0.05) is 49.3 Å². The highest BCUT2D eigenvalue weighted by atomic mass is 28.3. The van der Waals surface area contributed by atoms with Gasteiger partial charge in [0.1, 0.15) is 38.2 Å². The van der Waals surface area contributed by atoms with Gasteiger partial charge in [-0.15, -0.1) is 5.54 Å². The summed E-state index contributed by atoms with van der Waals surface area (Å²) in [5, 5.41) is 2.35. The number of hydrogen-bond donors (Lipinski definition) is 0. The number of benzene rings is 2. The fraction of sp³-hybridized carbons (Fsp3) is 0.568. The first-order valence-corrected chi connectivity index (χ1v) is 22.5. The van der Waals surface area contributed by atoms with Crippen molar-refractivity contribution in [1.82, 2.24) is 19.9 Å². The van der Waals surface area contributed by atoms with Crippen molar-refractivity contribution in [2.45, 2.75) is 120 Å². The molecule has 292 valence electrons. The number of methoxy groups -OCH3 is 1. The average Bonchev–Trinajstić information content (AvgIpc) is 3.48. The Hall–Kier alpha value is -3.85. The fourth-order valence-electron chi connectivity index (χ4n) is 10.5. The molecular weight excluding hydrogens is 713 g/mol. The van der Waals surface area contributed by atoms with Crippen LogP contribution in [0.1, 0.15) is 92.1 Å². The first-order valence-electron chi connectivity index (χ1n) is 20.3. The second kappa shape index (κ2) is 14.6. The number of pyridine rings is 1. The predicted molar refractivity (Wildman–Crippen MR) is 218 cm³/mol. The standard InChI is InChI=1S/C44H55F2N5O3Si/c1-28(2)55(29(3)4,30(5)6)19-12-34-37(46)11-10-31-20-33(54-27-52-7)21-35(40(31)34)38-22-39-36(41(48-38)51-18-9-13-43(51)15-16-43)24-47-42(49-39)53-26-44-14-8-17-50(44)25-32(45)23-44/h10-11,20-22,24,28-30,32H,8-9,13-18,23,25-27H2,1-7H3/t32-,44+/m1/s1. The van der Waals surface area contributed by atoms with Crippen LogP contribution in [-0.4, -0.2) is 85.3 Å². The summed E-state index contributed by atoms with van der Waals surface area (Å²) in [6, 6.07) is 9.38. The van der Waals surface area contributed by atoms with Crippen molar-refractivity contribution in [1.29, 1.82) is 0 Å². The lowest BCUT2D eigenvalue weighted by molar-refractivity contribution is 0.0512. The van der Waals surface area contributed by atoms with E-state index in [1.54, 1.807) is 13.2 Å². The summed E-state index contributed by atoms with van der Waals surface area (Å²) in [7, 11) is -0.611. The summed E-state index contributed by atoms with van der Waals surface area (Å²) < 4.78 is 48.6. The lowest BCUT2D eigenvalue weighted by atomic mass is 9.95. The minimum absolute atomic E-state index is 0.0623. The molecule has 2 aromatic carbocycles. The minimum atomic E-state index is -2.20. The van der Waals surface area contributed by atoms with Crippen LogP contribution in [0, 0.1) is 17.3 Å². The third-order valence-electron chi connectivity index (χ3n) is 13.4. The third kappa shape index (κ3) is 6.66. The van der Waals surface area contributed by atoms with Gasteiger partial charge in [0.15, 0.2) is 6.79 Å². The zero-order valence-corrected chi connectivity index (χ0v) is 34.5. The Balaban J connectivity index is 1.31. The van der Waals surface area contributed by atoms with E-state index in [9.17, 15) is 4.39 Å². The molecule has 11 heteroatoms. The van der Waals surface area contributed by atoms with Crippen molar-refractivity contribution in [3.63, 3.8) is 0 Å². The van der Waals surface area contributed by atoms with Crippen molar-refractivity contribution in [2.75, 3.05) is 45.0 Å². The molecule has 8 nitrogen and oxygen atoms in total. The topological polar surface area (TPSA) is 72.8 Å². The molecule has 8 rings (SSSR count). The number of anilines is 1. The van der Waals surface area contributed by atoms with Crippen LogP contribution in [0.5, 0.6) is 11.8 Å². The number of rotatable bonds is 11. The van der Waals surface area contributed by atoms with Crippen molar-refractivity contribution in [3.8, 4) is 34.5 Å². The van der Waals surface area contributed by atoms with Crippen LogP contribution in [0.25, 0.3) is 32.9 Å². The van der Waals surface area contributed by atoms with Crippen LogP contribution in [0.15, 0.2) is 36.5 Å². The van der Waals surface area contributed by atoms with Crippen molar-refractivity contribution in [2.24, 2.45) is 0 Å². The van der Waals surface area contributed by atoms with E-state index in [0.717, 1.165) is 68.2 Å². The Morgan fingerprint density at radius 3 is 2.44 bits per heavy atom. The summed E-state index contributed by atoms with van der Waals surface area (Å²) in [6.07, 6.45) is 7.86. The van der Waals surface area contributed by atoms with Gasteiger partial charge in [0.05, 0.1) is 27.7 Å². The van der Waals surface area contributed by atoms with Crippen LogP contribution >= 0.6 is 0 Å². The van der Waals surface area contributed by atoms with E-state index in [0.29, 0.717) is 69.7 Å². The molecule has 1 aliphatic carbocycles. The van der Waals surface area contributed by atoms with Gasteiger partial charge in [-0.3, -0.25) is 4.90 Å². The molecule has 55 heavy (non-hydrogen) atoms. The molecule has 1 saturated carbocycles. The van der Waals surface area contributed by atoms with Gasteiger partial charge in [-0.1, -0.05) is 53.5 Å². The van der Waals surface area contributed by atoms with E-state index < -0.39 is 14.2 Å². The van der Waals surface area contributed by atoms with Gasteiger partial charge >= 0.3 is 6.01 Å². The Morgan fingerprint density at radius 1 is 0.945 bits per heavy atom. The third-order valence-corrected chi connectivity index (χ3v) is 19.7. The molecular formula is C44H55F2N5O3Si. The van der Waals surface area contributed by atoms with E-state index >= 15 is 4.39 Å². The van der Waals surface area contributed by atoms with Gasteiger partial charge < -0.3 is 19.1 Å². The Kier molecular flexibility index (Phi) is 10.1. The van der Waals surface area contributed by atoms with Gasteiger partial charge in [-0.2, -0.15) is 4.98 Å². The molecule has 3 saturated heterocycles. The Labute approximate surface area is 325 Å². The fourth-order valence-corrected chi connectivity index (χ4v) is 15.7. The molecule has 0 amide bonds. The van der Waals surface area contributed by atoms with E-state index in [4.69, 9.17) is 29.2 Å². The van der Waals surface area contributed by atoms with Gasteiger partial charge in [0.2, 0.25) is 0 Å². The lowest BCUT2D eigenvalue weighted by Crippen LogP contribution is -2.43. The average molecular weight is 768 g/mol. The van der Waals surface area contributed by atoms with E-state index in [1.165, 1.54) is 6.07 Å². The molecule has 0 unspecified atom stereocenters. The lowest BCUT2D eigenvalue weighted by Gasteiger charge is -2.38. The normalized spacial score (nSPS) is 22.0. The highest BCUT2D eigenvalue weighted by Crippen LogP contribution is 2.52. The maximum Gasteiger partial charge on any atom is 0.316 e. The number of nitrogens with zero attached hydrogens (tertiary/aromatic N) is 5. The molecule has 2 aromatic heterocycles. The SMILES string of the molecule is COCOc1cc(-c2cc3nc(OC[C@@]45CCCN4C[C@H](F)C5)ncc3c(N3CCCC34CC4)n2)c2c(C#C[Si](C(C)C)(C(C)C)C(C)C)c(F)ccc2c1. The van der Waals surface area contributed by atoms with Crippen LogP contribution in [-0.2, 0) is 4.74 Å². The summed E-state index contributed by atoms with van der Waals surface area (Å²) in [5.74, 6) is 4.53. The molecule has 0 bridgehead atoms. The maximum absolute atomic E-state index is 16.3. The number of aromatic nitrogens is 3. The molecule has 1 spiro atoms. The van der Waals surface area contributed by atoms with E-state index in [2.05, 4.69) is 62.8 Å². The monoisotopic (exact) mass is 767 g/mol. The zero-order chi connectivity index (χ0) is 38.7. The smallest absolute Gasteiger partial charge is 0.316 e. The van der Waals surface area contributed by atoms with Crippen LogP contribution < -0.4 is 14.4 Å². The molecule has 5 heterocycles. The largest absolute Gasteiger partial charge is 0.468 e.